The summed E-state index contributed by atoms with van der Waals surface area (Å²) in [5.41, 5.74) is 12.7. The van der Waals surface area contributed by atoms with Crippen LogP contribution in [0, 0.1) is 0 Å². The number of aromatic nitrogens is 1. The fraction of sp³-hybridized carbons (Fsp3) is 0. The highest BCUT2D eigenvalue weighted by atomic mass is 16.3. The number of para-hydroxylation sites is 1. The molecule has 0 fully saturated rings. The molecule has 0 bridgehead atoms. The van der Waals surface area contributed by atoms with Gasteiger partial charge in [0.1, 0.15) is 5.69 Å². The van der Waals surface area contributed by atoms with E-state index in [0.29, 0.717) is 10.9 Å². The van der Waals surface area contributed by atoms with E-state index in [1.165, 1.54) is 0 Å². The quantitative estimate of drug-likeness (QED) is 0.230. The van der Waals surface area contributed by atoms with Crippen molar-refractivity contribution in [1.82, 2.24) is 4.98 Å². The largest absolute Gasteiger partial charge is 0.504 e. The third kappa shape index (κ3) is 1.08. The van der Waals surface area contributed by atoms with Crippen LogP contribution in [0.5, 0.6) is 11.5 Å². The fourth-order valence-corrected chi connectivity index (χ4v) is 2.11. The zero-order chi connectivity index (χ0) is 12.2. The average Bonchev–Trinajstić information content (AvgIpc) is 2.73. The van der Waals surface area contributed by atoms with Crippen molar-refractivity contribution in [2.75, 3.05) is 11.5 Å². The lowest BCUT2D eigenvalue weighted by Crippen LogP contribution is -1.93. The summed E-state index contributed by atoms with van der Waals surface area (Å²) in [5.74, 6) is -0.456. The number of phenols is 2. The van der Waals surface area contributed by atoms with Crippen LogP contribution in [-0.4, -0.2) is 15.2 Å². The van der Waals surface area contributed by atoms with Crippen LogP contribution in [0.2, 0.25) is 0 Å². The first-order chi connectivity index (χ1) is 8.11. The fourth-order valence-electron chi connectivity index (χ4n) is 2.11. The number of nitrogens with one attached hydrogen (secondary N) is 1. The Labute approximate surface area is 96.3 Å². The zero-order valence-corrected chi connectivity index (χ0v) is 8.86. The lowest BCUT2D eigenvalue weighted by Gasteiger charge is -2.07. The average molecular weight is 229 g/mol. The van der Waals surface area contributed by atoms with Crippen molar-refractivity contribution in [1.29, 1.82) is 0 Å². The summed E-state index contributed by atoms with van der Waals surface area (Å²) in [7, 11) is 0. The Hall–Kier alpha value is -2.56. The highest BCUT2D eigenvalue weighted by molar-refractivity contribution is 6.17. The van der Waals surface area contributed by atoms with E-state index in [4.69, 9.17) is 11.5 Å². The number of fused-ring (bicyclic) bond motifs is 3. The normalized spacial score (nSPS) is 11.3. The number of H-pyrrole nitrogens is 1. The summed E-state index contributed by atoms with van der Waals surface area (Å²) in [4.78, 5) is 3.03. The van der Waals surface area contributed by atoms with Crippen LogP contribution in [0.1, 0.15) is 0 Å². The van der Waals surface area contributed by atoms with Gasteiger partial charge >= 0.3 is 0 Å². The number of aromatic amines is 1. The maximum Gasteiger partial charge on any atom is 0.166 e. The molecular formula is C12H11N3O2. The molecule has 0 saturated heterocycles. The lowest BCUT2D eigenvalue weighted by molar-refractivity contribution is 0.461. The predicted octanol–water partition coefficient (Wildman–Crippen LogP) is 1.90. The molecule has 7 N–H and O–H groups in total. The molecule has 5 nitrogen and oxygen atoms in total. The number of benzene rings is 2. The second kappa shape index (κ2) is 2.98. The van der Waals surface area contributed by atoms with Gasteiger partial charge in [0.25, 0.3) is 0 Å². The Kier molecular flexibility index (Phi) is 1.69. The minimum absolute atomic E-state index is 0.110. The molecule has 0 aliphatic rings. The second-order valence-electron chi connectivity index (χ2n) is 3.95. The molecule has 0 spiro atoms. The number of aromatic hydroxyl groups is 2. The van der Waals surface area contributed by atoms with Gasteiger partial charge < -0.3 is 26.7 Å². The number of phenolic OH excluding ortho intramolecular Hbond substituents is 2. The highest BCUT2D eigenvalue weighted by Crippen LogP contribution is 2.45. The molecule has 0 radical (unpaired) electrons. The summed E-state index contributed by atoms with van der Waals surface area (Å²) < 4.78 is 0. The van der Waals surface area contributed by atoms with Crippen LogP contribution in [0.15, 0.2) is 24.3 Å². The third-order valence-electron chi connectivity index (χ3n) is 2.98. The minimum atomic E-state index is -0.278. The van der Waals surface area contributed by atoms with Gasteiger partial charge in [-0.15, -0.1) is 0 Å². The number of nitrogen functional groups attached to an aromatic ring is 2. The van der Waals surface area contributed by atoms with Gasteiger partial charge in [-0.25, -0.2) is 0 Å². The van der Waals surface area contributed by atoms with Gasteiger partial charge in [-0.3, -0.25) is 0 Å². The maximum atomic E-state index is 9.89. The van der Waals surface area contributed by atoms with Gasteiger partial charge in [0.05, 0.1) is 11.2 Å². The second-order valence-corrected chi connectivity index (χ2v) is 3.95. The molecule has 0 aliphatic heterocycles. The highest BCUT2D eigenvalue weighted by Gasteiger charge is 2.18. The molecule has 3 aromatic rings. The third-order valence-corrected chi connectivity index (χ3v) is 2.98. The summed E-state index contributed by atoms with van der Waals surface area (Å²) in [6, 6.07) is 7.45. The summed E-state index contributed by atoms with van der Waals surface area (Å²) in [5, 5.41) is 21.1. The monoisotopic (exact) mass is 229 g/mol. The van der Waals surface area contributed by atoms with E-state index in [2.05, 4.69) is 4.98 Å². The van der Waals surface area contributed by atoms with Crippen LogP contribution < -0.4 is 11.5 Å². The topological polar surface area (TPSA) is 108 Å². The van der Waals surface area contributed by atoms with Gasteiger partial charge in [-0.1, -0.05) is 18.2 Å². The predicted molar refractivity (Wildman–Crippen MR) is 68.0 cm³/mol. The Bertz CT molecular complexity index is 746. The first-order valence-electron chi connectivity index (χ1n) is 5.10. The van der Waals surface area contributed by atoms with Crippen LogP contribution in [-0.2, 0) is 0 Å². The molecule has 86 valence electrons. The molecule has 0 aliphatic carbocycles. The molecule has 0 amide bonds. The Morgan fingerprint density at radius 3 is 2.41 bits per heavy atom. The van der Waals surface area contributed by atoms with Crippen molar-refractivity contribution in [2.45, 2.75) is 0 Å². The molecular weight excluding hydrogens is 218 g/mol. The first-order valence-corrected chi connectivity index (χ1v) is 5.10. The Morgan fingerprint density at radius 1 is 0.941 bits per heavy atom. The SMILES string of the molecule is Nc1c(O)c(N)c2c([nH]c3ccccc32)c1O. The molecule has 0 atom stereocenters. The number of anilines is 2. The number of nitrogens with two attached hydrogens (primary N) is 2. The molecule has 3 rings (SSSR count). The van der Waals surface area contributed by atoms with Crippen molar-refractivity contribution < 1.29 is 10.2 Å². The van der Waals surface area contributed by atoms with Crippen LogP contribution in [0.25, 0.3) is 21.8 Å². The van der Waals surface area contributed by atoms with Crippen molar-refractivity contribution >= 4 is 33.2 Å². The zero-order valence-electron chi connectivity index (χ0n) is 8.86. The molecule has 1 aromatic heterocycles. The van der Waals surface area contributed by atoms with Crippen molar-refractivity contribution in [3.63, 3.8) is 0 Å². The van der Waals surface area contributed by atoms with Crippen LogP contribution >= 0.6 is 0 Å². The van der Waals surface area contributed by atoms with Gasteiger partial charge in [-0.2, -0.15) is 0 Å². The van der Waals surface area contributed by atoms with E-state index in [1.54, 1.807) is 0 Å². The number of hydrogen-bond donors (Lipinski definition) is 5. The molecule has 17 heavy (non-hydrogen) atoms. The van der Waals surface area contributed by atoms with E-state index < -0.39 is 0 Å². The summed E-state index contributed by atoms with van der Waals surface area (Å²) in [6.07, 6.45) is 0. The van der Waals surface area contributed by atoms with Crippen LogP contribution in [0.4, 0.5) is 11.4 Å². The number of rotatable bonds is 0. The molecule has 2 aromatic carbocycles. The van der Waals surface area contributed by atoms with E-state index in [-0.39, 0.29) is 22.9 Å². The standard InChI is InChI=1S/C12H11N3O2/c13-8-7-5-3-1-2-4-6(5)15-10(7)12(17)9(14)11(8)16/h1-4,15-17H,13-14H2. The molecule has 0 saturated carbocycles. The van der Waals surface area contributed by atoms with Gasteiger partial charge in [0, 0.05) is 16.3 Å². The minimum Gasteiger partial charge on any atom is -0.504 e. The molecule has 0 unspecified atom stereocenters. The lowest BCUT2D eigenvalue weighted by atomic mass is 10.1. The van der Waals surface area contributed by atoms with E-state index in [1.807, 2.05) is 24.3 Å². The Balaban J connectivity index is 2.67. The number of hydrogen-bond acceptors (Lipinski definition) is 4. The summed E-state index contributed by atoms with van der Waals surface area (Å²) >= 11 is 0. The van der Waals surface area contributed by atoms with Crippen molar-refractivity contribution in [3.05, 3.63) is 24.3 Å². The van der Waals surface area contributed by atoms with Crippen LogP contribution in [0.3, 0.4) is 0 Å². The van der Waals surface area contributed by atoms with Crippen molar-refractivity contribution in [2.24, 2.45) is 0 Å². The maximum absolute atomic E-state index is 9.89. The molecule has 5 heteroatoms. The van der Waals surface area contributed by atoms with Gasteiger partial charge in [0.15, 0.2) is 11.5 Å². The Morgan fingerprint density at radius 2 is 1.65 bits per heavy atom. The first kappa shape index (κ1) is 9.65. The van der Waals surface area contributed by atoms with E-state index >= 15 is 0 Å². The summed E-state index contributed by atoms with van der Waals surface area (Å²) in [6.45, 7) is 0. The van der Waals surface area contributed by atoms with E-state index in [0.717, 1.165) is 10.9 Å². The van der Waals surface area contributed by atoms with Gasteiger partial charge in [-0.05, 0) is 6.07 Å². The van der Waals surface area contributed by atoms with Crippen molar-refractivity contribution in [3.8, 4) is 11.5 Å². The molecule has 1 heterocycles. The smallest absolute Gasteiger partial charge is 0.166 e. The van der Waals surface area contributed by atoms with E-state index in [9.17, 15) is 10.2 Å². The van der Waals surface area contributed by atoms with Gasteiger partial charge in [0.2, 0.25) is 0 Å².